The number of carbonyl (C=O) groups is 1. The Balaban J connectivity index is 1.45. The predicted octanol–water partition coefficient (Wildman–Crippen LogP) is 4.99. The van der Waals surface area contributed by atoms with Gasteiger partial charge in [0, 0.05) is 5.69 Å². The molecule has 4 atom stereocenters. The molecule has 2 fully saturated rings. The maximum absolute atomic E-state index is 13.2. The van der Waals surface area contributed by atoms with Gasteiger partial charge in [0.05, 0.1) is 19.8 Å². The normalized spacial score (nSPS) is 28.9. The Bertz CT molecular complexity index is 993. The van der Waals surface area contributed by atoms with Crippen molar-refractivity contribution < 1.29 is 14.3 Å². The molecule has 0 radical (unpaired) electrons. The largest absolute Gasteiger partial charge is 0.497 e. The molecule has 2 aromatic rings. The third kappa shape index (κ3) is 2.89. The molecule has 4 nitrogen and oxygen atoms in total. The summed E-state index contributed by atoms with van der Waals surface area (Å²) < 4.78 is 11.5. The number of hydrogen-bond acceptors (Lipinski definition) is 3. The molecule has 1 heterocycles. The first-order valence-corrected chi connectivity index (χ1v) is 10.8. The second kappa shape index (κ2) is 6.98. The van der Waals surface area contributed by atoms with Gasteiger partial charge in [-0.2, -0.15) is 0 Å². The van der Waals surface area contributed by atoms with Gasteiger partial charge in [-0.15, -0.1) is 0 Å². The average molecular weight is 404 g/mol. The number of fused-ring (bicyclic) bond motifs is 1. The number of ether oxygens (including phenoxy) is 2. The molecule has 3 aliphatic rings. The third-order valence-corrected chi connectivity index (χ3v) is 7.39. The van der Waals surface area contributed by atoms with Crippen LogP contribution in [0.2, 0.25) is 0 Å². The van der Waals surface area contributed by atoms with Crippen LogP contribution in [0, 0.1) is 17.3 Å². The van der Waals surface area contributed by atoms with Gasteiger partial charge in [-0.25, -0.2) is 0 Å². The summed E-state index contributed by atoms with van der Waals surface area (Å²) in [5.74, 6) is 2.10. The van der Waals surface area contributed by atoms with Gasteiger partial charge in [-0.05, 0) is 66.0 Å². The molecule has 0 aromatic heterocycles. The molecule has 156 valence electrons. The van der Waals surface area contributed by atoms with Crippen LogP contribution in [0.4, 0.5) is 5.69 Å². The number of hydrogen-bond donors (Lipinski definition) is 0. The lowest BCUT2D eigenvalue weighted by Crippen LogP contribution is -2.67. The molecule has 0 bridgehead atoms. The van der Waals surface area contributed by atoms with Crippen molar-refractivity contribution >= 4 is 11.6 Å². The Morgan fingerprint density at radius 3 is 2.40 bits per heavy atom. The third-order valence-electron chi connectivity index (χ3n) is 7.39. The Morgan fingerprint density at radius 1 is 1.07 bits per heavy atom. The highest BCUT2D eigenvalue weighted by molar-refractivity contribution is 6.06. The zero-order valence-electron chi connectivity index (χ0n) is 18.1. The van der Waals surface area contributed by atoms with E-state index in [-0.39, 0.29) is 11.9 Å². The summed E-state index contributed by atoms with van der Waals surface area (Å²) in [7, 11) is 1.65. The molecule has 1 saturated heterocycles. The molecule has 5 rings (SSSR count). The van der Waals surface area contributed by atoms with Gasteiger partial charge in [0.15, 0.2) is 6.10 Å². The van der Waals surface area contributed by atoms with Crippen LogP contribution >= 0.6 is 0 Å². The Labute approximate surface area is 178 Å². The molecule has 2 aliphatic carbocycles. The summed E-state index contributed by atoms with van der Waals surface area (Å²) in [5, 5.41) is 0. The summed E-state index contributed by atoms with van der Waals surface area (Å²) >= 11 is 0. The molecule has 0 unspecified atom stereocenters. The van der Waals surface area contributed by atoms with Crippen molar-refractivity contribution in [3.05, 3.63) is 71.3 Å². The first kappa shape index (κ1) is 19.4. The topological polar surface area (TPSA) is 38.8 Å². The fourth-order valence-electron chi connectivity index (χ4n) is 5.61. The predicted molar refractivity (Wildman–Crippen MR) is 117 cm³/mol. The molecule has 30 heavy (non-hydrogen) atoms. The second-order valence-corrected chi connectivity index (χ2v) is 9.41. The van der Waals surface area contributed by atoms with Gasteiger partial charge >= 0.3 is 0 Å². The van der Waals surface area contributed by atoms with Crippen LogP contribution in [0.5, 0.6) is 5.75 Å². The highest BCUT2D eigenvalue weighted by atomic mass is 16.5. The van der Waals surface area contributed by atoms with Gasteiger partial charge < -0.3 is 9.47 Å². The standard InChI is InChI=1S/C26H29NO3/c1-16-14-20-22(26(20,2)3)21(16)23-24(30-15-17-8-6-5-7-9-17)25(28)27(23)18-10-12-19(29-4)13-11-18/h5-13,20,22-24H,14-15H2,1-4H3/t20-,22+,23-,24+/m0/s1. The van der Waals surface area contributed by atoms with Gasteiger partial charge in [-0.1, -0.05) is 49.8 Å². The van der Waals surface area contributed by atoms with Crippen LogP contribution in [0.15, 0.2) is 65.7 Å². The molecule has 0 spiro atoms. The van der Waals surface area contributed by atoms with Crippen molar-refractivity contribution in [3.63, 3.8) is 0 Å². The van der Waals surface area contributed by atoms with Gasteiger partial charge in [0.25, 0.3) is 5.91 Å². The van der Waals surface area contributed by atoms with E-state index >= 15 is 0 Å². The number of methoxy groups -OCH3 is 1. The maximum atomic E-state index is 13.2. The summed E-state index contributed by atoms with van der Waals surface area (Å²) in [6, 6.07) is 17.8. The monoisotopic (exact) mass is 403 g/mol. The van der Waals surface area contributed by atoms with E-state index in [9.17, 15) is 4.79 Å². The summed E-state index contributed by atoms with van der Waals surface area (Å²) in [4.78, 5) is 15.2. The van der Waals surface area contributed by atoms with E-state index in [0.29, 0.717) is 23.9 Å². The fourth-order valence-corrected chi connectivity index (χ4v) is 5.61. The molecule has 0 N–H and O–H groups in total. The molecule has 4 heteroatoms. The molecule has 1 amide bonds. The van der Waals surface area contributed by atoms with E-state index in [0.717, 1.165) is 23.4 Å². The number of allylic oxidation sites excluding steroid dienone is 1. The fraction of sp³-hybridized carbons (Fsp3) is 0.423. The molecule has 1 aliphatic heterocycles. The minimum absolute atomic E-state index is 0.0219. The highest BCUT2D eigenvalue weighted by Crippen LogP contribution is 2.70. The van der Waals surface area contributed by atoms with Crippen molar-refractivity contribution in [2.24, 2.45) is 17.3 Å². The minimum atomic E-state index is -0.424. The number of benzene rings is 2. The second-order valence-electron chi connectivity index (χ2n) is 9.41. The lowest BCUT2D eigenvalue weighted by atomic mass is 9.82. The summed E-state index contributed by atoms with van der Waals surface area (Å²) in [6.45, 7) is 7.40. The summed E-state index contributed by atoms with van der Waals surface area (Å²) in [6.07, 6.45) is 0.715. The van der Waals surface area contributed by atoms with Crippen LogP contribution in [-0.4, -0.2) is 25.2 Å². The molecule has 2 aromatic carbocycles. The maximum Gasteiger partial charge on any atom is 0.259 e. The first-order valence-electron chi connectivity index (χ1n) is 10.8. The quantitative estimate of drug-likeness (QED) is 0.504. The molecular formula is C26H29NO3. The number of amides is 1. The van der Waals surface area contributed by atoms with Crippen molar-refractivity contribution in [2.45, 2.75) is 45.9 Å². The summed E-state index contributed by atoms with van der Waals surface area (Å²) in [5.41, 5.74) is 5.19. The average Bonchev–Trinajstić information content (AvgIpc) is 3.08. The van der Waals surface area contributed by atoms with Gasteiger partial charge in [0.1, 0.15) is 5.75 Å². The van der Waals surface area contributed by atoms with Crippen molar-refractivity contribution in [1.82, 2.24) is 0 Å². The lowest BCUT2D eigenvalue weighted by molar-refractivity contribution is -0.142. The van der Waals surface area contributed by atoms with Crippen LogP contribution in [0.25, 0.3) is 0 Å². The Hall–Kier alpha value is -2.59. The van der Waals surface area contributed by atoms with E-state index in [1.165, 1.54) is 11.1 Å². The van der Waals surface area contributed by atoms with Crippen molar-refractivity contribution in [2.75, 3.05) is 12.0 Å². The van der Waals surface area contributed by atoms with Crippen LogP contribution in [-0.2, 0) is 16.1 Å². The van der Waals surface area contributed by atoms with Crippen molar-refractivity contribution in [3.8, 4) is 5.75 Å². The highest BCUT2D eigenvalue weighted by Gasteiger charge is 2.67. The lowest BCUT2D eigenvalue weighted by Gasteiger charge is -2.48. The molecular weight excluding hydrogens is 374 g/mol. The van der Waals surface area contributed by atoms with E-state index in [4.69, 9.17) is 9.47 Å². The van der Waals surface area contributed by atoms with E-state index in [1.807, 2.05) is 59.5 Å². The Morgan fingerprint density at radius 2 is 1.77 bits per heavy atom. The number of carbonyl (C=O) groups excluding carboxylic acids is 1. The first-order chi connectivity index (χ1) is 14.4. The number of anilines is 1. The number of β-lactam (4-membered cyclic amide) rings is 1. The molecule has 1 saturated carbocycles. The van der Waals surface area contributed by atoms with Gasteiger partial charge in [-0.3, -0.25) is 9.69 Å². The van der Waals surface area contributed by atoms with E-state index in [1.54, 1.807) is 7.11 Å². The SMILES string of the molecule is COc1ccc(N2C(=O)[C@H](OCc3ccccc3)[C@@H]2C2=C(C)C[C@H]3[C@H]2C3(C)C)cc1. The zero-order chi connectivity index (χ0) is 21.0. The van der Waals surface area contributed by atoms with Crippen LogP contribution in [0.3, 0.4) is 0 Å². The van der Waals surface area contributed by atoms with Gasteiger partial charge in [0.2, 0.25) is 0 Å². The van der Waals surface area contributed by atoms with Crippen molar-refractivity contribution in [1.29, 1.82) is 0 Å². The van der Waals surface area contributed by atoms with Crippen LogP contribution < -0.4 is 9.64 Å². The minimum Gasteiger partial charge on any atom is -0.497 e. The zero-order valence-corrected chi connectivity index (χ0v) is 18.1. The number of rotatable bonds is 6. The smallest absolute Gasteiger partial charge is 0.259 e. The Kier molecular flexibility index (Phi) is 4.51. The van der Waals surface area contributed by atoms with E-state index < -0.39 is 6.10 Å². The van der Waals surface area contributed by atoms with E-state index in [2.05, 4.69) is 20.8 Å². The van der Waals surface area contributed by atoms with Crippen LogP contribution in [0.1, 0.15) is 32.8 Å². The number of nitrogens with zero attached hydrogens (tertiary/aromatic N) is 1.